The molecule has 1 heterocycles. The van der Waals surface area contributed by atoms with Crippen molar-refractivity contribution in [3.63, 3.8) is 0 Å². The number of fused-ring (bicyclic) bond motifs is 2. The molecule has 4 rings (SSSR count). The zero-order valence-corrected chi connectivity index (χ0v) is 14.5. The number of carbonyl (C=O) groups is 1. The van der Waals surface area contributed by atoms with Gasteiger partial charge in [-0.1, -0.05) is 42.5 Å². The van der Waals surface area contributed by atoms with Crippen LogP contribution in [0.2, 0.25) is 0 Å². The third-order valence-corrected chi connectivity index (χ3v) is 7.95. The van der Waals surface area contributed by atoms with E-state index < -0.39 is 15.1 Å². The van der Waals surface area contributed by atoms with Crippen molar-refractivity contribution < 1.29 is 13.2 Å². The fourth-order valence-electron chi connectivity index (χ4n) is 4.51. The Morgan fingerprint density at radius 1 is 1.04 bits per heavy atom. The quantitative estimate of drug-likeness (QED) is 0.774. The Hall–Kier alpha value is -1.62. The molecule has 4 atom stereocenters. The van der Waals surface area contributed by atoms with Crippen LogP contribution < -0.4 is 0 Å². The van der Waals surface area contributed by atoms with E-state index in [1.54, 1.807) is 4.90 Å². The first-order valence-electron chi connectivity index (χ1n) is 8.78. The molecule has 0 radical (unpaired) electrons. The minimum Gasteiger partial charge on any atom is -0.341 e. The van der Waals surface area contributed by atoms with Gasteiger partial charge < -0.3 is 4.90 Å². The van der Waals surface area contributed by atoms with Crippen molar-refractivity contribution in [3.8, 4) is 0 Å². The maximum Gasteiger partial charge on any atom is 0.226 e. The molecular weight excluding hydrogens is 322 g/mol. The van der Waals surface area contributed by atoms with Gasteiger partial charge in [0.05, 0.1) is 11.0 Å². The SMILES string of the molecule is O=C(C1CC2C=CC1C2)N1CCC(c2ccccc2)S(=O)(=O)CC1. The number of carbonyl (C=O) groups excluding carboxylic acids is 1. The molecule has 3 aliphatic rings. The van der Waals surface area contributed by atoms with E-state index in [1.165, 1.54) is 0 Å². The van der Waals surface area contributed by atoms with E-state index in [0.717, 1.165) is 18.4 Å². The monoisotopic (exact) mass is 345 g/mol. The van der Waals surface area contributed by atoms with Gasteiger partial charge in [0.2, 0.25) is 5.91 Å². The standard InChI is InChI=1S/C19H23NO3S/c21-19(17-13-14-6-7-16(17)12-14)20-9-8-18(24(22,23)11-10-20)15-4-2-1-3-5-15/h1-7,14,16-18H,8-13H2. The molecule has 4 unspecified atom stereocenters. The van der Waals surface area contributed by atoms with Crippen molar-refractivity contribution in [1.82, 2.24) is 4.90 Å². The Balaban J connectivity index is 1.51. The van der Waals surface area contributed by atoms with Crippen LogP contribution in [0.5, 0.6) is 0 Å². The summed E-state index contributed by atoms with van der Waals surface area (Å²) in [4.78, 5) is 14.7. The van der Waals surface area contributed by atoms with Crippen LogP contribution in [0.4, 0.5) is 0 Å². The third-order valence-electron chi connectivity index (χ3n) is 5.82. The molecule has 2 aliphatic carbocycles. The van der Waals surface area contributed by atoms with Crippen LogP contribution in [0.15, 0.2) is 42.5 Å². The zero-order chi connectivity index (χ0) is 16.7. The summed E-state index contributed by atoms with van der Waals surface area (Å²) in [5.74, 6) is 1.21. The Morgan fingerprint density at radius 2 is 1.83 bits per heavy atom. The lowest BCUT2D eigenvalue weighted by Gasteiger charge is -2.26. The van der Waals surface area contributed by atoms with Crippen LogP contribution in [0.1, 0.15) is 30.1 Å². The number of hydrogen-bond acceptors (Lipinski definition) is 3. The molecule has 1 aromatic rings. The molecule has 0 spiro atoms. The summed E-state index contributed by atoms with van der Waals surface area (Å²) in [6, 6.07) is 9.40. The molecule has 5 heteroatoms. The van der Waals surface area contributed by atoms with E-state index in [9.17, 15) is 13.2 Å². The molecule has 4 nitrogen and oxygen atoms in total. The highest BCUT2D eigenvalue weighted by molar-refractivity contribution is 7.91. The Morgan fingerprint density at radius 3 is 2.50 bits per heavy atom. The second-order valence-corrected chi connectivity index (χ2v) is 9.57. The second-order valence-electron chi connectivity index (χ2n) is 7.27. The average molecular weight is 345 g/mol. The molecule has 1 saturated carbocycles. The normalized spacial score (nSPS) is 34.2. The molecule has 2 bridgehead atoms. The highest BCUT2D eigenvalue weighted by Crippen LogP contribution is 2.44. The number of amides is 1. The largest absolute Gasteiger partial charge is 0.341 e. The van der Waals surface area contributed by atoms with Crippen LogP contribution in [0.3, 0.4) is 0 Å². The Bertz CT molecular complexity index is 756. The Kier molecular flexibility index (Phi) is 3.99. The van der Waals surface area contributed by atoms with E-state index in [-0.39, 0.29) is 17.6 Å². The van der Waals surface area contributed by atoms with Gasteiger partial charge in [0.25, 0.3) is 0 Å². The molecule has 0 aromatic heterocycles. The zero-order valence-electron chi connectivity index (χ0n) is 13.7. The first kappa shape index (κ1) is 15.9. The molecule has 0 N–H and O–H groups in total. The topological polar surface area (TPSA) is 54.5 Å². The summed E-state index contributed by atoms with van der Waals surface area (Å²) in [6.07, 6.45) is 6.93. The van der Waals surface area contributed by atoms with Gasteiger partial charge >= 0.3 is 0 Å². The van der Waals surface area contributed by atoms with Crippen LogP contribution >= 0.6 is 0 Å². The number of nitrogens with zero attached hydrogens (tertiary/aromatic N) is 1. The predicted octanol–water partition coefficient (Wildman–Crippen LogP) is 2.59. The first-order valence-corrected chi connectivity index (χ1v) is 10.5. The van der Waals surface area contributed by atoms with Crippen LogP contribution in [0.25, 0.3) is 0 Å². The number of rotatable bonds is 2. The van der Waals surface area contributed by atoms with Gasteiger partial charge in [0.15, 0.2) is 9.84 Å². The van der Waals surface area contributed by atoms with E-state index in [0.29, 0.717) is 31.3 Å². The van der Waals surface area contributed by atoms with Gasteiger partial charge in [-0.25, -0.2) is 8.42 Å². The molecule has 2 fully saturated rings. The summed E-state index contributed by atoms with van der Waals surface area (Å²) >= 11 is 0. The van der Waals surface area contributed by atoms with Crippen molar-refractivity contribution in [1.29, 1.82) is 0 Å². The maximum absolute atomic E-state index is 12.9. The number of hydrogen-bond donors (Lipinski definition) is 0. The predicted molar refractivity (Wildman–Crippen MR) is 93.0 cm³/mol. The van der Waals surface area contributed by atoms with Crippen molar-refractivity contribution in [2.75, 3.05) is 18.8 Å². The second kappa shape index (κ2) is 6.03. The van der Waals surface area contributed by atoms with E-state index in [4.69, 9.17) is 0 Å². The Labute approximate surface area is 143 Å². The van der Waals surface area contributed by atoms with Gasteiger partial charge in [-0.15, -0.1) is 0 Å². The molecule has 1 saturated heterocycles. The van der Waals surface area contributed by atoms with Gasteiger partial charge in [0.1, 0.15) is 0 Å². The van der Waals surface area contributed by atoms with Gasteiger partial charge in [-0.05, 0) is 36.7 Å². The lowest BCUT2D eigenvalue weighted by Crippen LogP contribution is -2.39. The molecular formula is C19H23NO3S. The van der Waals surface area contributed by atoms with Crippen LogP contribution in [-0.2, 0) is 14.6 Å². The number of allylic oxidation sites excluding steroid dienone is 2. The highest BCUT2D eigenvalue weighted by Gasteiger charge is 2.42. The van der Waals surface area contributed by atoms with E-state index in [1.807, 2.05) is 30.3 Å². The van der Waals surface area contributed by atoms with Gasteiger partial charge in [-0.2, -0.15) is 0 Å². The average Bonchev–Trinajstić information content (AvgIpc) is 3.17. The summed E-state index contributed by atoms with van der Waals surface area (Å²) < 4.78 is 25.3. The number of benzene rings is 1. The molecule has 1 amide bonds. The fraction of sp³-hybridized carbons (Fsp3) is 0.526. The van der Waals surface area contributed by atoms with Crippen molar-refractivity contribution in [3.05, 3.63) is 48.0 Å². The highest BCUT2D eigenvalue weighted by atomic mass is 32.2. The lowest BCUT2D eigenvalue weighted by atomic mass is 9.92. The van der Waals surface area contributed by atoms with Crippen molar-refractivity contribution in [2.45, 2.75) is 24.5 Å². The summed E-state index contributed by atoms with van der Waals surface area (Å²) in [5, 5.41) is -0.489. The minimum absolute atomic E-state index is 0.0644. The van der Waals surface area contributed by atoms with E-state index >= 15 is 0 Å². The van der Waals surface area contributed by atoms with Crippen LogP contribution in [-0.4, -0.2) is 38.1 Å². The smallest absolute Gasteiger partial charge is 0.226 e. The third kappa shape index (κ3) is 2.79. The van der Waals surface area contributed by atoms with Crippen molar-refractivity contribution >= 4 is 15.7 Å². The summed E-state index contributed by atoms with van der Waals surface area (Å²) in [5.41, 5.74) is 0.842. The molecule has 1 aliphatic heterocycles. The van der Waals surface area contributed by atoms with Crippen LogP contribution in [0, 0.1) is 17.8 Å². The summed E-state index contributed by atoms with van der Waals surface area (Å²) in [6.45, 7) is 0.872. The first-order chi connectivity index (χ1) is 11.5. The minimum atomic E-state index is -3.22. The number of sulfone groups is 1. The molecule has 24 heavy (non-hydrogen) atoms. The molecule has 1 aromatic carbocycles. The van der Waals surface area contributed by atoms with Gasteiger partial charge in [-0.3, -0.25) is 4.79 Å². The lowest BCUT2D eigenvalue weighted by molar-refractivity contribution is -0.136. The van der Waals surface area contributed by atoms with Crippen molar-refractivity contribution in [2.24, 2.45) is 17.8 Å². The molecule has 128 valence electrons. The van der Waals surface area contributed by atoms with Gasteiger partial charge in [0, 0.05) is 19.0 Å². The van der Waals surface area contributed by atoms with E-state index in [2.05, 4.69) is 12.2 Å². The summed E-state index contributed by atoms with van der Waals surface area (Å²) in [7, 11) is -3.22. The fourth-order valence-corrected chi connectivity index (χ4v) is 6.30. The maximum atomic E-state index is 12.9.